The molecule has 4 bridgehead atoms. The Balaban J connectivity index is 1.69. The van der Waals surface area contributed by atoms with Crippen LogP contribution in [0, 0.1) is 11.8 Å². The first kappa shape index (κ1) is 12.9. The number of piperidine rings is 3. The van der Waals surface area contributed by atoms with E-state index in [1.165, 1.54) is 27.7 Å². The Hall–Kier alpha value is -1.58. The third-order valence-corrected chi connectivity index (χ3v) is 6.33. The summed E-state index contributed by atoms with van der Waals surface area (Å²) in [5.74, 6) is 0.965. The fourth-order valence-corrected chi connectivity index (χ4v) is 5.32. The lowest BCUT2D eigenvalue weighted by Gasteiger charge is -2.58. The van der Waals surface area contributed by atoms with Crippen molar-refractivity contribution in [3.05, 3.63) is 47.2 Å². The second-order valence-corrected chi connectivity index (χ2v) is 7.07. The summed E-state index contributed by atoms with van der Waals surface area (Å²) in [4.78, 5) is 6.35. The summed E-state index contributed by atoms with van der Waals surface area (Å²) in [5, 5.41) is 11.4. The van der Waals surface area contributed by atoms with E-state index < -0.39 is 0 Å². The smallest absolute Gasteiger partial charge is 0.0514 e. The molecule has 4 aliphatic rings. The van der Waals surface area contributed by atoms with Gasteiger partial charge in [0.25, 0.3) is 0 Å². The number of hydrogen-bond donors (Lipinski definition) is 2. The van der Waals surface area contributed by atoms with E-state index in [0.29, 0.717) is 30.5 Å². The molecular formula is C19H22N2O. The molecule has 0 saturated carbocycles. The highest BCUT2D eigenvalue weighted by Crippen LogP contribution is 2.53. The van der Waals surface area contributed by atoms with Crippen LogP contribution in [0.3, 0.4) is 0 Å². The average Bonchev–Trinajstić information content (AvgIpc) is 2.93. The van der Waals surface area contributed by atoms with Gasteiger partial charge in [0.15, 0.2) is 0 Å². The van der Waals surface area contributed by atoms with Gasteiger partial charge in [-0.1, -0.05) is 29.8 Å². The van der Waals surface area contributed by atoms with Crippen LogP contribution in [0.4, 0.5) is 0 Å². The minimum Gasteiger partial charge on any atom is -0.396 e. The van der Waals surface area contributed by atoms with Gasteiger partial charge in [-0.25, -0.2) is 0 Å². The van der Waals surface area contributed by atoms with Gasteiger partial charge < -0.3 is 10.1 Å². The van der Waals surface area contributed by atoms with Crippen LogP contribution in [0.1, 0.15) is 30.6 Å². The van der Waals surface area contributed by atoms with E-state index in [4.69, 9.17) is 0 Å². The highest BCUT2D eigenvalue weighted by Gasteiger charge is 2.52. The van der Waals surface area contributed by atoms with Gasteiger partial charge in [0.1, 0.15) is 0 Å². The Morgan fingerprint density at radius 2 is 2.23 bits per heavy atom. The standard InChI is InChI=1S/C19H22N2O/c1-2-11-9-21-17-8-14-12-5-3-4-6-16(12)20-19(14)18(21)7-13(11)15(17)10-22/h2-6,13,15,17-18,20,22H,7-10H2,1H3/b11-2-/t13?,15-,17-,18-/m0/s1. The van der Waals surface area contributed by atoms with Crippen molar-refractivity contribution in [2.24, 2.45) is 11.8 Å². The summed E-state index contributed by atoms with van der Waals surface area (Å²) in [5.41, 5.74) is 5.74. The summed E-state index contributed by atoms with van der Waals surface area (Å²) >= 11 is 0. The van der Waals surface area contributed by atoms with Crippen LogP contribution in [-0.4, -0.2) is 34.2 Å². The molecule has 0 spiro atoms. The number of benzene rings is 1. The van der Waals surface area contributed by atoms with Crippen molar-refractivity contribution in [2.45, 2.75) is 31.8 Å². The Labute approximate surface area is 130 Å². The highest BCUT2D eigenvalue weighted by molar-refractivity contribution is 5.85. The molecule has 22 heavy (non-hydrogen) atoms. The normalized spacial score (nSPS) is 37.7. The summed E-state index contributed by atoms with van der Waals surface area (Å²) in [6, 6.07) is 9.68. The first-order valence-electron chi connectivity index (χ1n) is 8.43. The van der Waals surface area contributed by atoms with E-state index >= 15 is 0 Å². The molecule has 1 aromatic heterocycles. The lowest BCUT2D eigenvalue weighted by molar-refractivity contribution is -0.0503. The predicted octanol–water partition coefficient (Wildman–Crippen LogP) is 3.02. The molecule has 4 aliphatic heterocycles. The number of aromatic amines is 1. The summed E-state index contributed by atoms with van der Waals surface area (Å²) in [6.07, 6.45) is 4.51. The van der Waals surface area contributed by atoms with Crippen molar-refractivity contribution in [3.8, 4) is 0 Å². The second kappa shape index (κ2) is 4.46. The summed E-state index contributed by atoms with van der Waals surface area (Å²) in [7, 11) is 0. The number of para-hydroxylation sites is 1. The van der Waals surface area contributed by atoms with Gasteiger partial charge >= 0.3 is 0 Å². The molecule has 0 amide bonds. The van der Waals surface area contributed by atoms with Gasteiger partial charge in [-0.3, -0.25) is 4.90 Å². The molecule has 1 aromatic carbocycles. The van der Waals surface area contributed by atoms with E-state index in [0.717, 1.165) is 19.4 Å². The highest BCUT2D eigenvalue weighted by atomic mass is 16.3. The number of aromatic nitrogens is 1. The number of hydrogen-bond acceptors (Lipinski definition) is 2. The number of rotatable bonds is 1. The SMILES string of the molecule is C/C=C1/CN2[C@H]3CC1[C@H](CO)[C@@H]2Cc1c3[nH]c2ccccc12. The van der Waals surface area contributed by atoms with Crippen molar-refractivity contribution in [3.63, 3.8) is 0 Å². The van der Waals surface area contributed by atoms with Crippen LogP contribution in [0.2, 0.25) is 0 Å². The van der Waals surface area contributed by atoms with Crippen molar-refractivity contribution in [1.82, 2.24) is 9.88 Å². The average molecular weight is 294 g/mol. The summed E-state index contributed by atoms with van der Waals surface area (Å²) in [6.45, 7) is 3.55. The van der Waals surface area contributed by atoms with Gasteiger partial charge in [0.05, 0.1) is 6.04 Å². The molecule has 0 aliphatic carbocycles. The molecule has 2 aromatic rings. The monoisotopic (exact) mass is 294 g/mol. The molecule has 3 saturated heterocycles. The zero-order valence-electron chi connectivity index (χ0n) is 12.9. The first-order valence-corrected chi connectivity index (χ1v) is 8.43. The largest absolute Gasteiger partial charge is 0.396 e. The molecule has 3 nitrogen and oxygen atoms in total. The molecule has 0 radical (unpaired) electrons. The van der Waals surface area contributed by atoms with Gasteiger partial charge in [0, 0.05) is 41.7 Å². The van der Waals surface area contributed by atoms with Crippen LogP contribution < -0.4 is 0 Å². The molecular weight excluding hydrogens is 272 g/mol. The Bertz CT molecular complexity index is 775. The van der Waals surface area contributed by atoms with Crippen molar-refractivity contribution in [1.29, 1.82) is 0 Å². The summed E-state index contributed by atoms with van der Waals surface area (Å²) < 4.78 is 0. The third-order valence-electron chi connectivity index (χ3n) is 6.33. The molecule has 6 rings (SSSR count). The van der Waals surface area contributed by atoms with Gasteiger partial charge in [-0.05, 0) is 37.3 Å². The van der Waals surface area contributed by atoms with Gasteiger partial charge in [-0.2, -0.15) is 0 Å². The number of fused-ring (bicyclic) bond motifs is 4. The molecule has 2 N–H and O–H groups in total. The van der Waals surface area contributed by atoms with Crippen molar-refractivity contribution >= 4 is 10.9 Å². The van der Waals surface area contributed by atoms with Gasteiger partial charge in [0.2, 0.25) is 0 Å². The first-order chi connectivity index (χ1) is 10.8. The fourth-order valence-electron chi connectivity index (χ4n) is 5.32. The predicted molar refractivity (Wildman–Crippen MR) is 87.7 cm³/mol. The fraction of sp³-hybridized carbons (Fsp3) is 0.474. The lowest BCUT2D eigenvalue weighted by Crippen LogP contribution is -2.60. The Morgan fingerprint density at radius 3 is 3.05 bits per heavy atom. The van der Waals surface area contributed by atoms with E-state index in [-0.39, 0.29) is 0 Å². The zero-order chi connectivity index (χ0) is 14.8. The minimum atomic E-state index is 0.313. The molecule has 3 heteroatoms. The lowest BCUT2D eigenvalue weighted by atomic mass is 9.64. The number of nitrogens with zero attached hydrogens (tertiary/aromatic N) is 1. The zero-order valence-corrected chi connectivity index (χ0v) is 12.9. The Morgan fingerprint density at radius 1 is 1.36 bits per heavy atom. The number of aliphatic hydroxyl groups excluding tert-OH is 1. The third kappa shape index (κ3) is 1.48. The molecule has 114 valence electrons. The van der Waals surface area contributed by atoms with Crippen molar-refractivity contribution in [2.75, 3.05) is 13.2 Å². The van der Waals surface area contributed by atoms with E-state index in [1.807, 2.05) is 0 Å². The van der Waals surface area contributed by atoms with Crippen LogP contribution in [-0.2, 0) is 6.42 Å². The molecule has 5 atom stereocenters. The molecule has 2 unspecified atom stereocenters. The maximum atomic E-state index is 9.99. The minimum absolute atomic E-state index is 0.313. The van der Waals surface area contributed by atoms with Crippen LogP contribution in [0.25, 0.3) is 10.9 Å². The van der Waals surface area contributed by atoms with Crippen LogP contribution in [0.15, 0.2) is 35.9 Å². The second-order valence-electron chi connectivity index (χ2n) is 7.07. The van der Waals surface area contributed by atoms with Crippen LogP contribution >= 0.6 is 0 Å². The van der Waals surface area contributed by atoms with E-state index in [2.05, 4.69) is 47.1 Å². The topological polar surface area (TPSA) is 39.3 Å². The maximum Gasteiger partial charge on any atom is 0.0514 e. The molecule has 3 fully saturated rings. The van der Waals surface area contributed by atoms with Gasteiger partial charge in [-0.15, -0.1) is 0 Å². The maximum absolute atomic E-state index is 9.99. The van der Waals surface area contributed by atoms with Crippen molar-refractivity contribution < 1.29 is 5.11 Å². The quantitative estimate of drug-likeness (QED) is 0.794. The Kier molecular flexibility index (Phi) is 2.62. The number of allylic oxidation sites excluding steroid dienone is 1. The van der Waals surface area contributed by atoms with E-state index in [1.54, 1.807) is 0 Å². The number of aliphatic hydroxyl groups is 1. The molecule has 5 heterocycles. The van der Waals surface area contributed by atoms with Crippen LogP contribution in [0.5, 0.6) is 0 Å². The van der Waals surface area contributed by atoms with E-state index in [9.17, 15) is 5.11 Å². The number of nitrogens with one attached hydrogen (secondary N) is 1. The number of H-pyrrole nitrogens is 1.